The molecule has 2 aromatic rings. The number of rotatable bonds is 5. The molecule has 5 nitrogen and oxygen atoms in total. The zero-order valence-corrected chi connectivity index (χ0v) is 14.5. The van der Waals surface area contributed by atoms with Crippen LogP contribution in [-0.4, -0.2) is 20.4 Å². The molecule has 120 valence electrons. The van der Waals surface area contributed by atoms with Crippen molar-refractivity contribution in [3.05, 3.63) is 58.6 Å². The maximum absolute atomic E-state index is 12.5. The molecule has 1 amide bonds. The number of anilines is 1. The molecule has 23 heavy (non-hydrogen) atoms. The van der Waals surface area contributed by atoms with Crippen molar-refractivity contribution in [2.24, 2.45) is 0 Å². The van der Waals surface area contributed by atoms with E-state index in [0.717, 1.165) is 17.3 Å². The molecule has 1 saturated carbocycles. The van der Waals surface area contributed by atoms with E-state index in [1.54, 1.807) is 36.4 Å². The van der Waals surface area contributed by atoms with Gasteiger partial charge in [-0.05, 0) is 49.2 Å². The van der Waals surface area contributed by atoms with Crippen LogP contribution >= 0.6 is 15.9 Å². The third-order valence-electron chi connectivity index (χ3n) is 3.45. The highest BCUT2D eigenvalue weighted by Crippen LogP contribution is 2.24. The Kier molecular flexibility index (Phi) is 4.41. The van der Waals surface area contributed by atoms with E-state index in [9.17, 15) is 13.2 Å². The van der Waals surface area contributed by atoms with E-state index in [0.29, 0.717) is 5.56 Å². The van der Waals surface area contributed by atoms with Gasteiger partial charge in [0.15, 0.2) is 0 Å². The average molecular weight is 395 g/mol. The molecule has 0 bridgehead atoms. The molecule has 0 aromatic heterocycles. The predicted octanol–water partition coefficient (Wildman–Crippen LogP) is 3.14. The van der Waals surface area contributed by atoms with Gasteiger partial charge in [0.2, 0.25) is 0 Å². The number of hydrogen-bond acceptors (Lipinski definition) is 3. The Balaban J connectivity index is 1.87. The molecule has 2 aromatic carbocycles. The lowest BCUT2D eigenvalue weighted by atomic mass is 10.1. The van der Waals surface area contributed by atoms with Crippen molar-refractivity contribution in [3.63, 3.8) is 0 Å². The summed E-state index contributed by atoms with van der Waals surface area (Å²) in [6.07, 6.45) is 1.94. The molecular weight excluding hydrogens is 380 g/mol. The zero-order chi connectivity index (χ0) is 16.4. The summed E-state index contributed by atoms with van der Waals surface area (Å²) in [6, 6.07) is 13.1. The molecule has 7 heteroatoms. The van der Waals surface area contributed by atoms with Gasteiger partial charge < -0.3 is 5.32 Å². The quantitative estimate of drug-likeness (QED) is 0.817. The number of amides is 1. The second kappa shape index (κ2) is 6.33. The topological polar surface area (TPSA) is 75.3 Å². The van der Waals surface area contributed by atoms with Gasteiger partial charge in [0.05, 0.1) is 16.1 Å². The van der Waals surface area contributed by atoms with E-state index < -0.39 is 10.0 Å². The fraction of sp³-hybridized carbons (Fsp3) is 0.188. The first-order valence-electron chi connectivity index (χ1n) is 7.14. The van der Waals surface area contributed by atoms with Crippen LogP contribution in [0.15, 0.2) is 57.9 Å². The Morgan fingerprint density at radius 2 is 1.70 bits per heavy atom. The first-order valence-corrected chi connectivity index (χ1v) is 9.41. The molecule has 1 fully saturated rings. The molecule has 0 unspecified atom stereocenters. The predicted molar refractivity (Wildman–Crippen MR) is 91.9 cm³/mol. The minimum Gasteiger partial charge on any atom is -0.349 e. The maximum atomic E-state index is 12.5. The van der Waals surface area contributed by atoms with Gasteiger partial charge in [-0.1, -0.05) is 28.1 Å². The molecule has 0 saturated heterocycles. The first kappa shape index (κ1) is 16.0. The fourth-order valence-corrected chi connectivity index (χ4v) is 3.42. The van der Waals surface area contributed by atoms with Crippen molar-refractivity contribution in [1.82, 2.24) is 5.32 Å². The highest BCUT2D eigenvalue weighted by molar-refractivity contribution is 9.10. The molecule has 0 heterocycles. The number of carbonyl (C=O) groups is 1. The largest absolute Gasteiger partial charge is 0.349 e. The first-order chi connectivity index (χ1) is 11.0. The SMILES string of the molecule is O=C(NC1CC1)c1ccccc1NS(=O)(=O)c1ccc(Br)cc1. The van der Waals surface area contributed by atoms with Crippen molar-refractivity contribution < 1.29 is 13.2 Å². The Morgan fingerprint density at radius 1 is 1.04 bits per heavy atom. The van der Waals surface area contributed by atoms with Gasteiger partial charge in [-0.15, -0.1) is 0 Å². The Labute approximate surface area is 143 Å². The zero-order valence-electron chi connectivity index (χ0n) is 12.1. The van der Waals surface area contributed by atoms with E-state index in [2.05, 4.69) is 26.0 Å². The van der Waals surface area contributed by atoms with Crippen LogP contribution in [0, 0.1) is 0 Å². The van der Waals surface area contributed by atoms with Crippen molar-refractivity contribution >= 4 is 37.5 Å². The lowest BCUT2D eigenvalue weighted by Gasteiger charge is -2.12. The number of hydrogen-bond donors (Lipinski definition) is 2. The summed E-state index contributed by atoms with van der Waals surface area (Å²) in [5, 5.41) is 2.86. The monoisotopic (exact) mass is 394 g/mol. The van der Waals surface area contributed by atoms with Crippen LogP contribution in [0.3, 0.4) is 0 Å². The molecule has 3 rings (SSSR count). The van der Waals surface area contributed by atoms with Crippen molar-refractivity contribution in [2.45, 2.75) is 23.8 Å². The molecular formula is C16H15BrN2O3S. The van der Waals surface area contributed by atoms with Crippen LogP contribution in [0.25, 0.3) is 0 Å². The van der Waals surface area contributed by atoms with Gasteiger partial charge in [-0.3, -0.25) is 9.52 Å². The summed E-state index contributed by atoms with van der Waals surface area (Å²) in [4.78, 5) is 12.4. The number of nitrogens with one attached hydrogen (secondary N) is 2. The van der Waals surface area contributed by atoms with Crippen LogP contribution < -0.4 is 10.0 Å². The second-order valence-electron chi connectivity index (χ2n) is 5.35. The summed E-state index contributed by atoms with van der Waals surface area (Å²) < 4.78 is 28.2. The van der Waals surface area contributed by atoms with E-state index >= 15 is 0 Å². The molecule has 0 spiro atoms. The van der Waals surface area contributed by atoms with Gasteiger partial charge in [0, 0.05) is 10.5 Å². The standard InChI is InChI=1S/C16H15BrN2O3S/c17-11-5-9-13(10-6-11)23(21,22)19-15-4-2-1-3-14(15)16(20)18-12-7-8-12/h1-6,9-10,12,19H,7-8H2,(H,18,20). The summed E-state index contributed by atoms with van der Waals surface area (Å²) in [5.41, 5.74) is 0.591. The van der Waals surface area contributed by atoms with E-state index in [1.165, 1.54) is 12.1 Å². The van der Waals surface area contributed by atoms with Gasteiger partial charge in [0.25, 0.3) is 15.9 Å². The Morgan fingerprint density at radius 3 is 2.35 bits per heavy atom. The highest BCUT2D eigenvalue weighted by atomic mass is 79.9. The van der Waals surface area contributed by atoms with Crippen LogP contribution in [0.2, 0.25) is 0 Å². The van der Waals surface area contributed by atoms with E-state index in [-0.39, 0.29) is 22.5 Å². The molecule has 0 radical (unpaired) electrons. The van der Waals surface area contributed by atoms with E-state index in [1.807, 2.05) is 0 Å². The van der Waals surface area contributed by atoms with Crippen molar-refractivity contribution in [1.29, 1.82) is 0 Å². The highest BCUT2D eigenvalue weighted by Gasteiger charge is 2.25. The third kappa shape index (κ3) is 3.92. The van der Waals surface area contributed by atoms with Crippen LogP contribution in [0.1, 0.15) is 23.2 Å². The molecule has 1 aliphatic carbocycles. The molecule has 0 aliphatic heterocycles. The Hall–Kier alpha value is -1.86. The number of halogens is 1. The maximum Gasteiger partial charge on any atom is 0.261 e. The van der Waals surface area contributed by atoms with Gasteiger partial charge >= 0.3 is 0 Å². The third-order valence-corrected chi connectivity index (χ3v) is 5.36. The normalized spacial score (nSPS) is 14.3. The number of para-hydroxylation sites is 1. The minimum absolute atomic E-state index is 0.137. The second-order valence-corrected chi connectivity index (χ2v) is 7.95. The number of benzene rings is 2. The summed E-state index contributed by atoms with van der Waals surface area (Å²) in [6.45, 7) is 0. The molecule has 1 aliphatic rings. The summed E-state index contributed by atoms with van der Waals surface area (Å²) >= 11 is 3.27. The number of sulfonamides is 1. The molecule has 2 N–H and O–H groups in total. The van der Waals surface area contributed by atoms with Gasteiger partial charge in [0.1, 0.15) is 0 Å². The van der Waals surface area contributed by atoms with Gasteiger partial charge in [-0.2, -0.15) is 0 Å². The average Bonchev–Trinajstić information content (AvgIpc) is 3.31. The minimum atomic E-state index is -3.75. The van der Waals surface area contributed by atoms with Crippen molar-refractivity contribution in [2.75, 3.05) is 4.72 Å². The summed E-state index contributed by atoms with van der Waals surface area (Å²) in [5.74, 6) is -0.262. The number of carbonyl (C=O) groups excluding carboxylic acids is 1. The smallest absolute Gasteiger partial charge is 0.261 e. The lowest BCUT2D eigenvalue weighted by molar-refractivity contribution is 0.0952. The van der Waals surface area contributed by atoms with E-state index in [4.69, 9.17) is 0 Å². The van der Waals surface area contributed by atoms with Gasteiger partial charge in [-0.25, -0.2) is 8.42 Å². The summed E-state index contributed by atoms with van der Waals surface area (Å²) in [7, 11) is -3.75. The Bertz CT molecular complexity index is 831. The fourth-order valence-electron chi connectivity index (χ4n) is 2.08. The lowest BCUT2D eigenvalue weighted by Crippen LogP contribution is -2.27. The van der Waals surface area contributed by atoms with Crippen molar-refractivity contribution in [3.8, 4) is 0 Å². The van der Waals surface area contributed by atoms with Crippen LogP contribution in [0.5, 0.6) is 0 Å². The van der Waals surface area contributed by atoms with Crippen LogP contribution in [-0.2, 0) is 10.0 Å². The molecule has 0 atom stereocenters. The van der Waals surface area contributed by atoms with Crippen LogP contribution in [0.4, 0.5) is 5.69 Å².